The van der Waals surface area contributed by atoms with Crippen LogP contribution in [0, 0.1) is 10.1 Å². The molecule has 6 aromatic rings. The minimum Gasteiger partial charge on any atom is -0.871 e. The predicted molar refractivity (Wildman–Crippen MR) is 183 cm³/mol. The molecule has 0 aromatic heterocycles. The summed E-state index contributed by atoms with van der Waals surface area (Å²) in [7, 11) is -7.61. The molecule has 6 rings (SSSR count). The van der Waals surface area contributed by atoms with E-state index in [1.165, 1.54) is 24.3 Å². The summed E-state index contributed by atoms with van der Waals surface area (Å²) in [6.45, 7) is 0. The van der Waals surface area contributed by atoms with Gasteiger partial charge in [0.1, 0.15) is 0 Å². The Bertz CT molecular complexity index is 2670. The van der Waals surface area contributed by atoms with Crippen LogP contribution in [0.5, 0.6) is 23.0 Å². The molecule has 0 saturated heterocycles. The van der Waals surface area contributed by atoms with Gasteiger partial charge in [0.05, 0.1) is 44.5 Å². The van der Waals surface area contributed by atoms with Crippen LogP contribution in [0.2, 0.25) is 0 Å². The third-order valence-electron chi connectivity index (χ3n) is 7.07. The number of non-ortho nitro benzene ring substituents is 1. The van der Waals surface area contributed by atoms with Crippen molar-refractivity contribution in [3.8, 4) is 23.0 Å². The predicted octanol–water partition coefficient (Wildman–Crippen LogP) is 1.73. The SMILES string of the molecule is CS(=O)(=O)Nc1cccc2ccc([O-])c(N=Nc3cc([N+](=O)[O-])ccc3[O-])c12.NS(=O)(=O)c1ccc([O-])c(N=Nc2c([O-])ccc3ccccc23)c1.[Cr+3].[Na+]. The van der Waals surface area contributed by atoms with Crippen molar-refractivity contribution in [2.24, 2.45) is 25.6 Å². The summed E-state index contributed by atoms with van der Waals surface area (Å²) in [5.41, 5.74) is -0.891. The number of nitrogens with two attached hydrogens (primary N) is 1. The smallest absolute Gasteiger partial charge is 0.871 e. The van der Waals surface area contributed by atoms with Gasteiger partial charge in [0.2, 0.25) is 20.0 Å². The van der Waals surface area contributed by atoms with Gasteiger partial charge >= 0.3 is 46.9 Å². The molecule has 17 nitrogen and oxygen atoms in total. The zero-order valence-corrected chi connectivity index (χ0v) is 32.8. The fourth-order valence-electron chi connectivity index (χ4n) is 4.72. The Morgan fingerprint density at radius 1 is 0.648 bits per heavy atom. The van der Waals surface area contributed by atoms with Crippen LogP contribution in [-0.2, 0) is 37.4 Å². The second-order valence-electron chi connectivity index (χ2n) is 10.8. The molecule has 0 aliphatic heterocycles. The molecule has 0 aliphatic carbocycles. The Labute approximate surface area is 340 Å². The molecular formula is C33H23CrN7NaO10S2. The summed E-state index contributed by atoms with van der Waals surface area (Å²) < 4.78 is 48.2. The zero-order chi connectivity index (χ0) is 37.8. The van der Waals surface area contributed by atoms with Gasteiger partial charge in [0, 0.05) is 22.9 Å². The molecule has 21 heteroatoms. The summed E-state index contributed by atoms with van der Waals surface area (Å²) in [5.74, 6) is -2.06. The number of primary sulfonamides is 1. The van der Waals surface area contributed by atoms with E-state index in [1.807, 2.05) is 12.1 Å². The molecule has 54 heavy (non-hydrogen) atoms. The van der Waals surface area contributed by atoms with E-state index < -0.39 is 42.2 Å². The number of nitro benzene ring substituents is 1. The van der Waals surface area contributed by atoms with Crippen molar-refractivity contribution in [2.45, 2.75) is 4.90 Å². The molecule has 0 fully saturated rings. The van der Waals surface area contributed by atoms with Gasteiger partial charge in [-0.2, -0.15) is 20.5 Å². The summed E-state index contributed by atoms with van der Waals surface area (Å²) in [4.78, 5) is 9.92. The maximum absolute atomic E-state index is 12.3. The Morgan fingerprint density at radius 3 is 1.81 bits per heavy atom. The summed E-state index contributed by atoms with van der Waals surface area (Å²) in [5, 5.41) is 81.1. The third-order valence-corrected chi connectivity index (χ3v) is 8.57. The minimum absolute atomic E-state index is 0. The van der Waals surface area contributed by atoms with Crippen molar-refractivity contribution in [1.29, 1.82) is 0 Å². The van der Waals surface area contributed by atoms with Crippen LogP contribution in [0.3, 0.4) is 0 Å². The van der Waals surface area contributed by atoms with E-state index in [-0.39, 0.29) is 97.1 Å². The number of anilines is 1. The van der Waals surface area contributed by atoms with Gasteiger partial charge < -0.3 is 20.4 Å². The topological polar surface area (TPSA) is 291 Å². The van der Waals surface area contributed by atoms with Crippen LogP contribution in [0.4, 0.5) is 34.1 Å². The van der Waals surface area contributed by atoms with E-state index in [9.17, 15) is 47.4 Å². The molecule has 0 bridgehead atoms. The maximum Gasteiger partial charge on any atom is 3.00 e. The van der Waals surface area contributed by atoms with Crippen molar-refractivity contribution < 1.29 is 89.1 Å². The van der Waals surface area contributed by atoms with Gasteiger partial charge in [0.25, 0.3) is 5.69 Å². The molecule has 1 radical (unpaired) electrons. The van der Waals surface area contributed by atoms with Crippen LogP contribution in [-0.4, -0.2) is 28.0 Å². The Kier molecular flexibility index (Phi) is 14.2. The molecule has 0 heterocycles. The maximum atomic E-state index is 12.3. The number of benzene rings is 6. The first-order valence-corrected chi connectivity index (χ1v) is 18.0. The van der Waals surface area contributed by atoms with E-state index in [0.29, 0.717) is 10.8 Å². The number of hydrogen-bond acceptors (Lipinski definition) is 14. The number of hydrogen-bond donors (Lipinski definition) is 2. The molecule has 0 saturated carbocycles. The monoisotopic (exact) mass is 816 g/mol. The summed E-state index contributed by atoms with van der Waals surface area (Å²) >= 11 is 0. The van der Waals surface area contributed by atoms with Crippen molar-refractivity contribution >= 4 is 75.7 Å². The van der Waals surface area contributed by atoms with Crippen LogP contribution in [0.15, 0.2) is 128 Å². The van der Waals surface area contributed by atoms with E-state index in [2.05, 4.69) is 25.2 Å². The summed E-state index contributed by atoms with van der Waals surface area (Å²) in [6, 6.07) is 23.6. The molecule has 6 aromatic carbocycles. The fraction of sp³-hybridized carbons (Fsp3) is 0.0303. The van der Waals surface area contributed by atoms with Crippen molar-refractivity contribution in [1.82, 2.24) is 0 Å². The number of nitrogens with zero attached hydrogens (tertiary/aromatic N) is 5. The van der Waals surface area contributed by atoms with Crippen LogP contribution in [0.1, 0.15) is 0 Å². The molecule has 269 valence electrons. The number of nitro groups is 1. The van der Waals surface area contributed by atoms with E-state index >= 15 is 0 Å². The van der Waals surface area contributed by atoms with E-state index in [0.717, 1.165) is 48.0 Å². The molecular weight excluding hydrogens is 794 g/mol. The number of fused-ring (bicyclic) bond motifs is 2. The fourth-order valence-corrected chi connectivity index (χ4v) is 5.82. The van der Waals surface area contributed by atoms with Crippen LogP contribution < -0.4 is 59.8 Å². The van der Waals surface area contributed by atoms with Gasteiger partial charge in [-0.3, -0.25) is 14.8 Å². The van der Waals surface area contributed by atoms with E-state index in [1.54, 1.807) is 30.3 Å². The molecule has 3 N–H and O–H groups in total. The molecule has 0 amide bonds. The largest absolute Gasteiger partial charge is 3.00 e. The second-order valence-corrected chi connectivity index (χ2v) is 14.1. The molecule has 0 aliphatic rings. The van der Waals surface area contributed by atoms with Gasteiger partial charge in [-0.25, -0.2) is 22.0 Å². The zero-order valence-electron chi connectivity index (χ0n) is 27.9. The van der Waals surface area contributed by atoms with Gasteiger partial charge in [-0.1, -0.05) is 95.8 Å². The van der Waals surface area contributed by atoms with Crippen LogP contribution >= 0.6 is 0 Å². The number of azo groups is 2. The standard InChI is InChI=1S/C17H14N4O6S.C16H13N3O4S.Cr.Na/c1-28(26,27)20-12-4-2-3-10-5-7-15(23)17(16(10)12)19-18-13-9-11(21(24)25)6-8-14(13)22;17-24(22,23)11-6-8-14(20)13(9-11)18-19-16-12-4-2-1-3-10(12)5-7-15(16)21;;/h2-9,20,22-23H,1H3;1-9,20-21H,(H2,17,22,23);;/q;;+3;+1/p-4. The number of rotatable bonds is 8. The molecule has 0 spiro atoms. The first kappa shape index (κ1) is 43.2. The average molecular weight is 817 g/mol. The number of sulfonamides is 2. The van der Waals surface area contributed by atoms with Crippen molar-refractivity contribution in [3.63, 3.8) is 0 Å². The van der Waals surface area contributed by atoms with Crippen molar-refractivity contribution in [2.75, 3.05) is 11.0 Å². The Balaban J connectivity index is 0.000000283. The Hall–Kier alpha value is -5.17. The van der Waals surface area contributed by atoms with Crippen molar-refractivity contribution in [3.05, 3.63) is 113 Å². The van der Waals surface area contributed by atoms with Gasteiger partial charge in [-0.15, -0.1) is 0 Å². The first-order valence-electron chi connectivity index (χ1n) is 14.5. The molecule has 0 atom stereocenters. The third kappa shape index (κ3) is 10.5. The summed E-state index contributed by atoms with van der Waals surface area (Å²) in [6.07, 6.45) is 0.959. The number of nitrogens with one attached hydrogen (secondary N) is 1. The molecule has 0 unspecified atom stereocenters. The minimum atomic E-state index is -3.97. The van der Waals surface area contributed by atoms with Gasteiger partial charge in [-0.05, 0) is 29.0 Å². The van der Waals surface area contributed by atoms with E-state index in [4.69, 9.17) is 5.14 Å². The normalized spacial score (nSPS) is 11.4. The average Bonchev–Trinajstić information content (AvgIpc) is 3.08. The Morgan fingerprint density at radius 2 is 1.19 bits per heavy atom. The quantitative estimate of drug-likeness (QED) is 0.0970. The van der Waals surface area contributed by atoms with Crippen LogP contribution in [0.25, 0.3) is 21.5 Å². The van der Waals surface area contributed by atoms with Gasteiger partial charge in [0.15, 0.2) is 0 Å². The first-order chi connectivity index (χ1) is 24.5. The second kappa shape index (κ2) is 17.8.